The molecule has 3 N–H and O–H groups in total. The van der Waals surface area contributed by atoms with Gasteiger partial charge in [-0.05, 0) is 12.8 Å². The summed E-state index contributed by atoms with van der Waals surface area (Å²) in [7, 11) is 0. The lowest BCUT2D eigenvalue weighted by molar-refractivity contribution is -0.135. The molecule has 0 aromatic rings. The molecule has 0 saturated carbocycles. The number of hydrogen-bond acceptors (Lipinski definition) is 3. The molecule has 0 aliphatic carbocycles. The first-order chi connectivity index (χ1) is 7.50. The van der Waals surface area contributed by atoms with Crippen molar-refractivity contribution in [3.8, 4) is 0 Å². The van der Waals surface area contributed by atoms with Crippen molar-refractivity contribution < 1.29 is 14.4 Å². The Kier molecular flexibility index (Phi) is 4.28. The SMILES string of the molecule is CC(=O)NCC(=O)N1CCCC(C(N)=O)C1. The maximum atomic E-state index is 11.6. The maximum Gasteiger partial charge on any atom is 0.241 e. The highest BCUT2D eigenvalue weighted by molar-refractivity contribution is 5.84. The number of likely N-dealkylation sites (tertiary alicyclic amines) is 1. The fourth-order valence-corrected chi connectivity index (χ4v) is 1.75. The van der Waals surface area contributed by atoms with Crippen molar-refractivity contribution in [3.05, 3.63) is 0 Å². The van der Waals surface area contributed by atoms with Crippen LogP contribution >= 0.6 is 0 Å². The minimum Gasteiger partial charge on any atom is -0.369 e. The summed E-state index contributed by atoms with van der Waals surface area (Å²) in [4.78, 5) is 34.9. The first-order valence-corrected chi connectivity index (χ1v) is 5.32. The molecule has 1 fully saturated rings. The van der Waals surface area contributed by atoms with Crippen LogP contribution in [0, 0.1) is 5.92 Å². The number of piperidine rings is 1. The highest BCUT2D eigenvalue weighted by atomic mass is 16.2. The molecule has 1 aliphatic rings. The highest BCUT2D eigenvalue weighted by Crippen LogP contribution is 2.15. The lowest BCUT2D eigenvalue weighted by Crippen LogP contribution is -2.47. The Morgan fingerprint density at radius 3 is 2.69 bits per heavy atom. The summed E-state index contributed by atoms with van der Waals surface area (Å²) in [5.41, 5.74) is 5.21. The summed E-state index contributed by atoms with van der Waals surface area (Å²) in [6, 6.07) is 0. The number of nitrogens with zero attached hydrogens (tertiary/aromatic N) is 1. The van der Waals surface area contributed by atoms with E-state index in [0.717, 1.165) is 12.8 Å². The topological polar surface area (TPSA) is 92.5 Å². The van der Waals surface area contributed by atoms with E-state index in [1.807, 2.05) is 0 Å². The van der Waals surface area contributed by atoms with Gasteiger partial charge in [0.05, 0.1) is 12.5 Å². The fourth-order valence-electron chi connectivity index (χ4n) is 1.75. The van der Waals surface area contributed by atoms with Crippen LogP contribution in [0.2, 0.25) is 0 Å². The normalized spacial score (nSPS) is 20.3. The van der Waals surface area contributed by atoms with Gasteiger partial charge in [-0.15, -0.1) is 0 Å². The lowest BCUT2D eigenvalue weighted by atomic mass is 9.97. The van der Waals surface area contributed by atoms with Gasteiger partial charge in [0.15, 0.2) is 0 Å². The van der Waals surface area contributed by atoms with Gasteiger partial charge in [-0.2, -0.15) is 0 Å². The van der Waals surface area contributed by atoms with Crippen LogP contribution in [0.25, 0.3) is 0 Å². The van der Waals surface area contributed by atoms with E-state index < -0.39 is 0 Å². The van der Waals surface area contributed by atoms with Crippen molar-refractivity contribution in [2.75, 3.05) is 19.6 Å². The van der Waals surface area contributed by atoms with Crippen LogP contribution in [-0.4, -0.2) is 42.3 Å². The molecule has 0 spiro atoms. The van der Waals surface area contributed by atoms with Crippen LogP contribution in [0.15, 0.2) is 0 Å². The number of nitrogens with one attached hydrogen (secondary N) is 1. The Balaban J connectivity index is 2.43. The van der Waals surface area contributed by atoms with Gasteiger partial charge in [-0.1, -0.05) is 0 Å². The molecular formula is C10H17N3O3. The summed E-state index contributed by atoms with van der Waals surface area (Å²) in [6.07, 6.45) is 1.51. The molecule has 1 atom stereocenters. The third-order valence-corrected chi connectivity index (χ3v) is 2.67. The molecule has 1 rings (SSSR count). The molecular weight excluding hydrogens is 210 g/mol. The number of rotatable bonds is 3. The Labute approximate surface area is 94.2 Å². The molecule has 1 heterocycles. The smallest absolute Gasteiger partial charge is 0.241 e. The quantitative estimate of drug-likeness (QED) is 0.637. The zero-order chi connectivity index (χ0) is 12.1. The van der Waals surface area contributed by atoms with Crippen molar-refractivity contribution in [1.29, 1.82) is 0 Å². The molecule has 1 aliphatic heterocycles. The molecule has 0 aromatic heterocycles. The summed E-state index contributed by atoms with van der Waals surface area (Å²) in [5.74, 6) is -1.02. The average molecular weight is 227 g/mol. The third-order valence-electron chi connectivity index (χ3n) is 2.67. The predicted molar refractivity (Wildman–Crippen MR) is 57.2 cm³/mol. The van der Waals surface area contributed by atoms with E-state index in [0.29, 0.717) is 13.1 Å². The van der Waals surface area contributed by atoms with Crippen LogP contribution in [0.5, 0.6) is 0 Å². The van der Waals surface area contributed by atoms with E-state index in [1.54, 1.807) is 4.90 Å². The van der Waals surface area contributed by atoms with Crippen molar-refractivity contribution in [3.63, 3.8) is 0 Å². The van der Waals surface area contributed by atoms with Crippen LogP contribution in [-0.2, 0) is 14.4 Å². The van der Waals surface area contributed by atoms with Gasteiger partial charge in [0.1, 0.15) is 0 Å². The van der Waals surface area contributed by atoms with Gasteiger partial charge >= 0.3 is 0 Å². The molecule has 3 amide bonds. The van der Waals surface area contributed by atoms with Gasteiger partial charge in [-0.25, -0.2) is 0 Å². The highest BCUT2D eigenvalue weighted by Gasteiger charge is 2.26. The molecule has 1 saturated heterocycles. The number of hydrogen-bond donors (Lipinski definition) is 2. The molecule has 6 heteroatoms. The predicted octanol–water partition coefficient (Wildman–Crippen LogP) is -1.15. The van der Waals surface area contributed by atoms with E-state index in [9.17, 15) is 14.4 Å². The second-order valence-electron chi connectivity index (χ2n) is 3.99. The fraction of sp³-hybridized carbons (Fsp3) is 0.700. The zero-order valence-electron chi connectivity index (χ0n) is 9.36. The zero-order valence-corrected chi connectivity index (χ0v) is 9.36. The molecule has 16 heavy (non-hydrogen) atoms. The average Bonchev–Trinajstić information content (AvgIpc) is 2.26. The molecule has 0 bridgehead atoms. The first kappa shape index (κ1) is 12.5. The van der Waals surface area contributed by atoms with Crippen molar-refractivity contribution in [2.45, 2.75) is 19.8 Å². The summed E-state index contributed by atoms with van der Waals surface area (Å²) in [5, 5.41) is 2.44. The van der Waals surface area contributed by atoms with Crippen molar-refractivity contribution in [1.82, 2.24) is 10.2 Å². The summed E-state index contributed by atoms with van der Waals surface area (Å²) >= 11 is 0. The molecule has 6 nitrogen and oxygen atoms in total. The molecule has 90 valence electrons. The van der Waals surface area contributed by atoms with Crippen LogP contribution < -0.4 is 11.1 Å². The van der Waals surface area contributed by atoms with E-state index >= 15 is 0 Å². The van der Waals surface area contributed by atoms with Gasteiger partial charge in [0.2, 0.25) is 17.7 Å². The van der Waals surface area contributed by atoms with E-state index in [4.69, 9.17) is 5.73 Å². The third kappa shape index (κ3) is 3.52. The maximum absolute atomic E-state index is 11.6. The number of carbonyl (C=O) groups excluding carboxylic acids is 3. The van der Waals surface area contributed by atoms with Gasteiger partial charge in [-0.3, -0.25) is 14.4 Å². The van der Waals surface area contributed by atoms with E-state index in [2.05, 4.69) is 5.32 Å². The van der Waals surface area contributed by atoms with Gasteiger partial charge in [0, 0.05) is 20.0 Å². The van der Waals surface area contributed by atoms with Crippen LogP contribution in [0.3, 0.4) is 0 Å². The summed E-state index contributed by atoms with van der Waals surface area (Å²) in [6.45, 7) is 2.34. The number of amides is 3. The summed E-state index contributed by atoms with van der Waals surface area (Å²) < 4.78 is 0. The number of carbonyl (C=O) groups is 3. The Morgan fingerprint density at radius 1 is 1.44 bits per heavy atom. The lowest BCUT2D eigenvalue weighted by Gasteiger charge is -2.31. The Morgan fingerprint density at radius 2 is 2.12 bits per heavy atom. The minimum atomic E-state index is -0.364. The Bertz CT molecular complexity index is 304. The number of primary amides is 1. The van der Waals surface area contributed by atoms with Crippen LogP contribution in [0.1, 0.15) is 19.8 Å². The largest absolute Gasteiger partial charge is 0.369 e. The standard InChI is InChI=1S/C10H17N3O3/c1-7(14)12-5-9(15)13-4-2-3-8(6-13)10(11)16/h8H,2-6H2,1H3,(H2,11,16)(H,12,14). The van der Waals surface area contributed by atoms with Crippen LogP contribution in [0.4, 0.5) is 0 Å². The monoisotopic (exact) mass is 227 g/mol. The molecule has 0 radical (unpaired) electrons. The second kappa shape index (κ2) is 5.48. The Hall–Kier alpha value is -1.59. The van der Waals surface area contributed by atoms with Crippen molar-refractivity contribution in [2.24, 2.45) is 11.7 Å². The first-order valence-electron chi connectivity index (χ1n) is 5.32. The van der Waals surface area contributed by atoms with Gasteiger partial charge < -0.3 is 16.0 Å². The number of nitrogens with two attached hydrogens (primary N) is 1. The second-order valence-corrected chi connectivity index (χ2v) is 3.99. The molecule has 1 unspecified atom stereocenters. The van der Waals surface area contributed by atoms with E-state index in [-0.39, 0.29) is 30.2 Å². The van der Waals surface area contributed by atoms with E-state index in [1.165, 1.54) is 6.92 Å². The minimum absolute atomic E-state index is 0.0131. The van der Waals surface area contributed by atoms with Gasteiger partial charge in [0.25, 0.3) is 0 Å². The van der Waals surface area contributed by atoms with Crippen molar-refractivity contribution >= 4 is 17.7 Å². The molecule has 0 aromatic carbocycles.